The van der Waals surface area contributed by atoms with Crippen molar-refractivity contribution in [2.45, 2.75) is 20.3 Å². The fourth-order valence-electron chi connectivity index (χ4n) is 2.93. The lowest BCUT2D eigenvalue weighted by molar-refractivity contribution is -0.119. The van der Waals surface area contributed by atoms with Gasteiger partial charge in [-0.25, -0.2) is 13.8 Å². The van der Waals surface area contributed by atoms with E-state index in [1.807, 2.05) is 13.8 Å². The van der Waals surface area contributed by atoms with Gasteiger partial charge in [-0.15, -0.1) is 0 Å². The lowest BCUT2D eigenvalue weighted by atomic mass is 10.1. The highest BCUT2D eigenvalue weighted by Gasteiger charge is 2.21. The van der Waals surface area contributed by atoms with Crippen molar-refractivity contribution in [1.29, 1.82) is 0 Å². The second-order valence-corrected chi connectivity index (χ2v) is 8.62. The van der Waals surface area contributed by atoms with Crippen LogP contribution in [0.3, 0.4) is 0 Å². The number of methoxy groups -OCH3 is 2. The molecule has 2 aromatic carbocycles. The third-order valence-electron chi connectivity index (χ3n) is 4.49. The maximum absolute atomic E-state index is 12.5. The molecule has 2 aromatic rings. The normalized spacial score (nSPS) is 11.6. The van der Waals surface area contributed by atoms with Crippen molar-refractivity contribution in [1.82, 2.24) is 5.43 Å². The van der Waals surface area contributed by atoms with Gasteiger partial charge in [-0.2, -0.15) is 5.10 Å². The Morgan fingerprint density at radius 1 is 1.03 bits per heavy atom. The van der Waals surface area contributed by atoms with E-state index in [1.165, 1.54) is 7.11 Å². The van der Waals surface area contributed by atoms with E-state index in [-0.39, 0.29) is 0 Å². The summed E-state index contributed by atoms with van der Waals surface area (Å²) in [6.07, 6.45) is 1.57. The van der Waals surface area contributed by atoms with E-state index < -0.39 is 22.5 Å². The van der Waals surface area contributed by atoms with Gasteiger partial charge >= 0.3 is 0 Å². The zero-order chi connectivity index (χ0) is 23.7. The number of sulfonamides is 1. The number of nitrogens with zero attached hydrogens (tertiary/aromatic N) is 2. The topological polar surface area (TPSA) is 107 Å². The molecule has 32 heavy (non-hydrogen) atoms. The Labute approximate surface area is 189 Å². The molecule has 0 spiro atoms. The molecular weight excluding hydrogens is 434 g/mol. The molecule has 1 amide bonds. The number of hydrazone groups is 1. The van der Waals surface area contributed by atoms with Crippen molar-refractivity contribution in [3.8, 4) is 17.2 Å². The molecule has 9 nitrogen and oxygen atoms in total. The Hall–Kier alpha value is -3.27. The standard InChI is InChI=1S/C22H29N3O6S/c1-6-19(16-8-13-20(29-3)21(14-16)30-4)23-24-22(26)15-25(32(5,27)28)17-9-11-18(12-10-17)31-7-2/h8-14H,6-7,15H2,1-5H3,(H,24,26)/b23-19-. The maximum atomic E-state index is 12.5. The molecular formula is C22H29N3O6S. The third-order valence-corrected chi connectivity index (χ3v) is 5.63. The van der Waals surface area contributed by atoms with Crippen molar-refractivity contribution in [2.75, 3.05) is 37.9 Å². The predicted molar refractivity (Wildman–Crippen MR) is 124 cm³/mol. The summed E-state index contributed by atoms with van der Waals surface area (Å²) in [5, 5.41) is 4.19. The molecule has 174 valence electrons. The second-order valence-electron chi connectivity index (χ2n) is 6.71. The molecule has 0 bridgehead atoms. The first-order chi connectivity index (χ1) is 15.2. The molecule has 0 saturated heterocycles. The number of ether oxygens (including phenoxy) is 3. The Morgan fingerprint density at radius 2 is 1.69 bits per heavy atom. The number of nitrogens with one attached hydrogen (secondary N) is 1. The Bertz CT molecular complexity index is 1050. The van der Waals surface area contributed by atoms with Gasteiger partial charge < -0.3 is 14.2 Å². The summed E-state index contributed by atoms with van der Waals surface area (Å²) in [4.78, 5) is 12.5. The highest BCUT2D eigenvalue weighted by Crippen LogP contribution is 2.28. The lowest BCUT2D eigenvalue weighted by Gasteiger charge is -2.21. The monoisotopic (exact) mass is 463 g/mol. The summed E-state index contributed by atoms with van der Waals surface area (Å²) in [6.45, 7) is 3.83. The molecule has 10 heteroatoms. The van der Waals surface area contributed by atoms with Gasteiger partial charge in [0.05, 0.1) is 38.5 Å². The van der Waals surface area contributed by atoms with Gasteiger partial charge in [-0.05, 0) is 55.8 Å². The van der Waals surface area contributed by atoms with Crippen molar-refractivity contribution >= 4 is 27.3 Å². The maximum Gasteiger partial charge on any atom is 0.260 e. The van der Waals surface area contributed by atoms with E-state index >= 15 is 0 Å². The van der Waals surface area contributed by atoms with E-state index in [9.17, 15) is 13.2 Å². The van der Waals surface area contributed by atoms with Gasteiger partial charge in [-0.1, -0.05) is 6.92 Å². The molecule has 0 heterocycles. The van der Waals surface area contributed by atoms with Gasteiger partial charge in [0.1, 0.15) is 12.3 Å². The molecule has 0 aliphatic carbocycles. The number of carbonyl (C=O) groups excluding carboxylic acids is 1. The fraction of sp³-hybridized carbons (Fsp3) is 0.364. The molecule has 0 radical (unpaired) electrons. The van der Waals surface area contributed by atoms with Crippen molar-refractivity contribution in [3.05, 3.63) is 48.0 Å². The number of anilines is 1. The van der Waals surface area contributed by atoms with Crippen LogP contribution in [-0.4, -0.2) is 53.7 Å². The zero-order valence-electron chi connectivity index (χ0n) is 18.9. The van der Waals surface area contributed by atoms with Gasteiger partial charge in [0.15, 0.2) is 11.5 Å². The summed E-state index contributed by atoms with van der Waals surface area (Å²) in [6, 6.07) is 11.8. The molecule has 0 aliphatic heterocycles. The number of hydrogen-bond donors (Lipinski definition) is 1. The Balaban J connectivity index is 2.19. The largest absolute Gasteiger partial charge is 0.494 e. The van der Waals surface area contributed by atoms with E-state index in [0.29, 0.717) is 41.7 Å². The van der Waals surface area contributed by atoms with Crippen molar-refractivity contribution in [3.63, 3.8) is 0 Å². The van der Waals surface area contributed by atoms with Crippen LogP contribution < -0.4 is 23.9 Å². The molecule has 2 rings (SSSR count). The number of benzene rings is 2. The van der Waals surface area contributed by atoms with Gasteiger partial charge in [0, 0.05) is 5.56 Å². The third kappa shape index (κ3) is 6.61. The predicted octanol–water partition coefficient (Wildman–Crippen LogP) is 2.80. The summed E-state index contributed by atoms with van der Waals surface area (Å²) in [7, 11) is -0.618. The first-order valence-electron chi connectivity index (χ1n) is 10.0. The minimum atomic E-state index is -3.70. The second kappa shape index (κ2) is 11.4. The molecule has 1 N–H and O–H groups in total. The van der Waals surface area contributed by atoms with Gasteiger partial charge in [0.25, 0.3) is 5.91 Å². The van der Waals surface area contributed by atoms with Crippen LogP contribution in [0.1, 0.15) is 25.8 Å². The van der Waals surface area contributed by atoms with Crippen LogP contribution in [0.2, 0.25) is 0 Å². The van der Waals surface area contributed by atoms with Crippen molar-refractivity contribution < 1.29 is 27.4 Å². The van der Waals surface area contributed by atoms with E-state index in [4.69, 9.17) is 14.2 Å². The Kier molecular flexibility index (Phi) is 8.89. The molecule has 0 aliphatic rings. The molecule has 0 aromatic heterocycles. The summed E-state index contributed by atoms with van der Waals surface area (Å²) in [5.41, 5.74) is 4.15. The Morgan fingerprint density at radius 3 is 2.22 bits per heavy atom. The summed E-state index contributed by atoms with van der Waals surface area (Å²) >= 11 is 0. The molecule has 0 unspecified atom stereocenters. The van der Waals surface area contributed by atoms with Gasteiger partial charge in [0.2, 0.25) is 10.0 Å². The highest BCUT2D eigenvalue weighted by atomic mass is 32.2. The number of hydrogen-bond acceptors (Lipinski definition) is 7. The minimum absolute atomic E-state index is 0.352. The van der Waals surface area contributed by atoms with Crippen LogP contribution in [0.4, 0.5) is 5.69 Å². The smallest absolute Gasteiger partial charge is 0.260 e. The van der Waals surface area contributed by atoms with Crippen LogP contribution in [0.5, 0.6) is 17.2 Å². The van der Waals surface area contributed by atoms with Crippen LogP contribution in [0.15, 0.2) is 47.6 Å². The van der Waals surface area contributed by atoms with Crippen LogP contribution >= 0.6 is 0 Å². The summed E-state index contributed by atoms with van der Waals surface area (Å²) in [5.74, 6) is 1.16. The number of amides is 1. The fourth-order valence-corrected chi connectivity index (χ4v) is 3.79. The first kappa shape index (κ1) is 25.0. The average molecular weight is 464 g/mol. The van der Waals surface area contributed by atoms with E-state index in [2.05, 4.69) is 10.5 Å². The van der Waals surface area contributed by atoms with Gasteiger partial charge in [-0.3, -0.25) is 9.10 Å². The highest BCUT2D eigenvalue weighted by molar-refractivity contribution is 7.92. The quantitative estimate of drug-likeness (QED) is 0.406. The zero-order valence-corrected chi connectivity index (χ0v) is 19.7. The number of carbonyl (C=O) groups is 1. The SMILES string of the molecule is CCOc1ccc(N(CC(=O)N/N=C(/CC)c2ccc(OC)c(OC)c2)S(C)(=O)=O)cc1. The van der Waals surface area contributed by atoms with Crippen molar-refractivity contribution in [2.24, 2.45) is 5.10 Å². The average Bonchev–Trinajstić information content (AvgIpc) is 2.77. The first-order valence-corrected chi connectivity index (χ1v) is 11.9. The van der Waals surface area contributed by atoms with E-state index in [0.717, 1.165) is 16.1 Å². The van der Waals surface area contributed by atoms with E-state index in [1.54, 1.807) is 49.6 Å². The molecule has 0 atom stereocenters. The lowest BCUT2D eigenvalue weighted by Crippen LogP contribution is -2.39. The molecule has 0 saturated carbocycles. The minimum Gasteiger partial charge on any atom is -0.494 e. The molecule has 0 fully saturated rings. The number of rotatable bonds is 11. The van der Waals surface area contributed by atoms with Crippen LogP contribution in [-0.2, 0) is 14.8 Å². The van der Waals surface area contributed by atoms with Crippen LogP contribution in [0.25, 0.3) is 0 Å². The van der Waals surface area contributed by atoms with Crippen LogP contribution in [0, 0.1) is 0 Å². The summed E-state index contributed by atoms with van der Waals surface area (Å²) < 4.78 is 41.5.